The van der Waals surface area contributed by atoms with Gasteiger partial charge in [0.2, 0.25) is 5.95 Å². The minimum absolute atomic E-state index is 0.00112. The van der Waals surface area contributed by atoms with Crippen molar-refractivity contribution in [3.8, 4) is 0 Å². The topological polar surface area (TPSA) is 95.5 Å². The van der Waals surface area contributed by atoms with Gasteiger partial charge in [-0.05, 0) is 36.8 Å². The molecule has 0 saturated carbocycles. The molecule has 0 bridgehead atoms. The molecule has 1 N–H and O–H groups in total. The van der Waals surface area contributed by atoms with Crippen molar-refractivity contribution >= 4 is 27.4 Å². The van der Waals surface area contributed by atoms with Crippen LogP contribution in [0.3, 0.4) is 0 Å². The Morgan fingerprint density at radius 2 is 1.71 bits per heavy atom. The van der Waals surface area contributed by atoms with E-state index in [4.69, 9.17) is 0 Å². The average molecular weight is 401 g/mol. The maximum absolute atomic E-state index is 12.8. The molecule has 2 saturated heterocycles. The summed E-state index contributed by atoms with van der Waals surface area (Å²) >= 11 is 0. The third-order valence-electron chi connectivity index (χ3n) is 5.28. The molecule has 0 spiro atoms. The van der Waals surface area contributed by atoms with Gasteiger partial charge in [0.15, 0.2) is 9.84 Å². The highest BCUT2D eigenvalue weighted by Crippen LogP contribution is 2.20. The van der Waals surface area contributed by atoms with Crippen LogP contribution in [-0.4, -0.2) is 77.8 Å². The summed E-state index contributed by atoms with van der Waals surface area (Å²) in [5, 5.41) is 3.09. The van der Waals surface area contributed by atoms with Gasteiger partial charge in [0, 0.05) is 55.9 Å². The first kappa shape index (κ1) is 18.8. The lowest BCUT2D eigenvalue weighted by molar-refractivity contribution is 0.0588. The fourth-order valence-corrected chi connectivity index (χ4v) is 5.49. The van der Waals surface area contributed by atoms with Crippen LogP contribution in [-0.2, 0) is 9.84 Å². The van der Waals surface area contributed by atoms with Crippen molar-refractivity contribution in [3.63, 3.8) is 0 Å². The SMILES string of the molecule is O=C(c1ccc(Nc2ncccn2)cc1)N1CCN(C2CCS(=O)(=O)C2)CC1. The van der Waals surface area contributed by atoms with Crippen molar-refractivity contribution in [2.45, 2.75) is 12.5 Å². The summed E-state index contributed by atoms with van der Waals surface area (Å²) in [5.74, 6) is 1.04. The number of benzene rings is 1. The molecule has 8 nitrogen and oxygen atoms in total. The lowest BCUT2D eigenvalue weighted by Gasteiger charge is -2.37. The van der Waals surface area contributed by atoms with E-state index in [1.807, 2.05) is 17.0 Å². The molecule has 3 heterocycles. The largest absolute Gasteiger partial charge is 0.336 e. The molecule has 2 aromatic rings. The van der Waals surface area contributed by atoms with Crippen molar-refractivity contribution < 1.29 is 13.2 Å². The Bertz CT molecular complexity index is 926. The first-order valence-corrected chi connectivity index (χ1v) is 11.2. The Morgan fingerprint density at radius 1 is 1.04 bits per heavy atom. The zero-order valence-electron chi connectivity index (χ0n) is 15.5. The van der Waals surface area contributed by atoms with E-state index in [2.05, 4.69) is 20.2 Å². The molecular formula is C19H23N5O3S. The highest BCUT2D eigenvalue weighted by Gasteiger charge is 2.34. The van der Waals surface area contributed by atoms with Gasteiger partial charge >= 0.3 is 0 Å². The monoisotopic (exact) mass is 401 g/mol. The van der Waals surface area contributed by atoms with Gasteiger partial charge in [0.05, 0.1) is 11.5 Å². The molecule has 9 heteroatoms. The van der Waals surface area contributed by atoms with Gasteiger partial charge in [-0.25, -0.2) is 18.4 Å². The number of hydrogen-bond donors (Lipinski definition) is 1. The lowest BCUT2D eigenvalue weighted by atomic mass is 10.1. The van der Waals surface area contributed by atoms with E-state index < -0.39 is 9.84 Å². The average Bonchev–Trinajstić information content (AvgIpc) is 3.09. The van der Waals surface area contributed by atoms with Gasteiger partial charge in [-0.2, -0.15) is 0 Å². The maximum Gasteiger partial charge on any atom is 0.253 e. The van der Waals surface area contributed by atoms with E-state index in [1.165, 1.54) is 0 Å². The van der Waals surface area contributed by atoms with Crippen LogP contribution in [0, 0.1) is 0 Å². The summed E-state index contributed by atoms with van der Waals surface area (Å²) in [6, 6.07) is 9.12. The number of carbonyl (C=O) groups is 1. The maximum atomic E-state index is 12.8. The molecule has 0 radical (unpaired) electrons. The van der Waals surface area contributed by atoms with Gasteiger partial charge in [0.25, 0.3) is 5.91 Å². The van der Waals surface area contributed by atoms with Crippen LogP contribution < -0.4 is 5.32 Å². The van der Waals surface area contributed by atoms with Crippen molar-refractivity contribution in [3.05, 3.63) is 48.3 Å². The zero-order chi connectivity index (χ0) is 19.6. The Kier molecular flexibility index (Phi) is 5.27. The molecule has 1 atom stereocenters. The second-order valence-corrected chi connectivity index (χ2v) is 9.39. The van der Waals surface area contributed by atoms with Gasteiger partial charge in [-0.1, -0.05) is 0 Å². The molecule has 0 aliphatic carbocycles. The van der Waals surface area contributed by atoms with Crippen LogP contribution in [0.2, 0.25) is 0 Å². The van der Waals surface area contributed by atoms with Crippen molar-refractivity contribution in [2.24, 2.45) is 0 Å². The Morgan fingerprint density at radius 3 is 2.32 bits per heavy atom. The molecule has 1 unspecified atom stereocenters. The summed E-state index contributed by atoms with van der Waals surface area (Å²) in [6.45, 7) is 2.67. The molecule has 1 aromatic heterocycles. The molecule has 148 valence electrons. The highest BCUT2D eigenvalue weighted by atomic mass is 32.2. The number of nitrogens with zero attached hydrogens (tertiary/aromatic N) is 4. The minimum Gasteiger partial charge on any atom is -0.336 e. The molecule has 2 aliphatic rings. The van der Waals surface area contributed by atoms with E-state index in [9.17, 15) is 13.2 Å². The van der Waals surface area contributed by atoms with E-state index in [1.54, 1.807) is 30.6 Å². The van der Waals surface area contributed by atoms with E-state index in [0.29, 0.717) is 31.0 Å². The summed E-state index contributed by atoms with van der Waals surface area (Å²) < 4.78 is 23.4. The molecule has 2 fully saturated rings. The third-order valence-corrected chi connectivity index (χ3v) is 7.03. The fraction of sp³-hybridized carbons (Fsp3) is 0.421. The van der Waals surface area contributed by atoms with Gasteiger partial charge < -0.3 is 10.2 Å². The number of rotatable bonds is 4. The van der Waals surface area contributed by atoms with Crippen LogP contribution in [0.5, 0.6) is 0 Å². The fourth-order valence-electron chi connectivity index (χ4n) is 3.72. The predicted molar refractivity (Wildman–Crippen MR) is 106 cm³/mol. The summed E-state index contributed by atoms with van der Waals surface area (Å²) in [7, 11) is -2.88. The van der Waals surface area contributed by atoms with Crippen LogP contribution >= 0.6 is 0 Å². The molecule has 1 aromatic carbocycles. The first-order chi connectivity index (χ1) is 13.5. The molecular weight excluding hydrogens is 378 g/mol. The van der Waals surface area contributed by atoms with Gasteiger partial charge in [0.1, 0.15) is 0 Å². The summed E-state index contributed by atoms with van der Waals surface area (Å²) in [4.78, 5) is 25.0. The summed E-state index contributed by atoms with van der Waals surface area (Å²) in [6.07, 6.45) is 4.03. The number of hydrogen-bond acceptors (Lipinski definition) is 7. The van der Waals surface area contributed by atoms with Gasteiger partial charge in [-0.15, -0.1) is 0 Å². The number of anilines is 2. The van der Waals surface area contributed by atoms with Crippen LogP contribution in [0.4, 0.5) is 11.6 Å². The standard InChI is InChI=1S/C19H23N5O3S/c25-18(15-2-4-16(5-3-15)22-19-20-7-1-8-21-19)24-11-9-23(10-12-24)17-6-13-28(26,27)14-17/h1-5,7-8,17H,6,9-14H2,(H,20,21,22). The van der Waals surface area contributed by atoms with Gasteiger partial charge in [-0.3, -0.25) is 9.69 Å². The predicted octanol–water partition coefficient (Wildman–Crippen LogP) is 1.17. The Labute approximate surface area is 164 Å². The smallest absolute Gasteiger partial charge is 0.253 e. The number of carbonyl (C=O) groups excluding carboxylic acids is 1. The first-order valence-electron chi connectivity index (χ1n) is 9.38. The Hall–Kier alpha value is -2.52. The third kappa shape index (κ3) is 4.31. The molecule has 28 heavy (non-hydrogen) atoms. The van der Waals surface area contributed by atoms with Crippen LogP contribution in [0.1, 0.15) is 16.8 Å². The van der Waals surface area contributed by atoms with E-state index in [-0.39, 0.29) is 23.5 Å². The molecule has 4 rings (SSSR count). The van der Waals surface area contributed by atoms with Crippen molar-refractivity contribution in [1.29, 1.82) is 0 Å². The normalized spacial score (nSPS) is 22.1. The molecule has 2 aliphatic heterocycles. The number of nitrogens with one attached hydrogen (secondary N) is 1. The van der Waals surface area contributed by atoms with Crippen LogP contribution in [0.25, 0.3) is 0 Å². The van der Waals surface area contributed by atoms with Crippen molar-refractivity contribution in [2.75, 3.05) is 43.0 Å². The second kappa shape index (κ2) is 7.84. The molecule has 1 amide bonds. The van der Waals surface area contributed by atoms with E-state index >= 15 is 0 Å². The second-order valence-electron chi connectivity index (χ2n) is 7.16. The number of piperazine rings is 1. The highest BCUT2D eigenvalue weighted by molar-refractivity contribution is 7.91. The van der Waals surface area contributed by atoms with E-state index in [0.717, 1.165) is 18.8 Å². The van der Waals surface area contributed by atoms with Crippen molar-refractivity contribution in [1.82, 2.24) is 19.8 Å². The minimum atomic E-state index is -2.88. The van der Waals surface area contributed by atoms with Crippen LogP contribution in [0.15, 0.2) is 42.7 Å². The number of aromatic nitrogens is 2. The Balaban J connectivity index is 1.32. The lowest BCUT2D eigenvalue weighted by Crippen LogP contribution is -2.52. The summed E-state index contributed by atoms with van der Waals surface area (Å²) in [5.41, 5.74) is 1.45. The number of amides is 1. The number of sulfone groups is 1. The quantitative estimate of drug-likeness (QED) is 0.821. The zero-order valence-corrected chi connectivity index (χ0v) is 16.3.